The van der Waals surface area contributed by atoms with Crippen LogP contribution in [-0.2, 0) is 4.74 Å². The summed E-state index contributed by atoms with van der Waals surface area (Å²) >= 11 is 0. The lowest BCUT2D eigenvalue weighted by atomic mass is 10.1. The highest BCUT2D eigenvalue weighted by Gasteiger charge is 2.29. The molecule has 0 radical (unpaired) electrons. The molecule has 0 bridgehead atoms. The van der Waals surface area contributed by atoms with Gasteiger partial charge in [0.2, 0.25) is 5.95 Å². The third-order valence-corrected chi connectivity index (χ3v) is 6.57. The number of halogens is 2. The number of fused-ring (bicyclic) bond motifs is 1. The van der Waals surface area contributed by atoms with Gasteiger partial charge in [0.1, 0.15) is 17.7 Å². The van der Waals surface area contributed by atoms with Crippen LogP contribution in [0.5, 0.6) is 0 Å². The highest BCUT2D eigenvalue weighted by Crippen LogP contribution is 2.36. The van der Waals surface area contributed by atoms with E-state index in [0.717, 1.165) is 35.7 Å². The van der Waals surface area contributed by atoms with Crippen molar-refractivity contribution >= 4 is 17.0 Å². The predicted molar refractivity (Wildman–Crippen MR) is 124 cm³/mol. The van der Waals surface area contributed by atoms with Crippen molar-refractivity contribution in [1.29, 1.82) is 0 Å². The van der Waals surface area contributed by atoms with E-state index in [1.54, 1.807) is 0 Å². The molecule has 4 aromatic rings. The number of aromatic nitrogens is 5. The molecule has 2 aliphatic rings. The molecule has 174 valence electrons. The van der Waals surface area contributed by atoms with Gasteiger partial charge in [-0.05, 0) is 50.5 Å². The van der Waals surface area contributed by atoms with Crippen LogP contribution in [0.25, 0.3) is 22.3 Å². The van der Waals surface area contributed by atoms with E-state index in [9.17, 15) is 8.78 Å². The molecule has 0 amide bonds. The van der Waals surface area contributed by atoms with Crippen molar-refractivity contribution in [2.24, 2.45) is 0 Å². The standard InChI is InChI=1S/C25H24F2N6O/c1-14-9-20-23(19-6-3-17(26)10-21(19)27)30-25(31-24(20)29-15(14)2)32-7-8-34-22(13-32)16-11-28-33(12-16)18-4-5-18/h3,6,9-12,18,22H,4-5,7-8,13H2,1-2H3/t22-/m0/s1. The maximum atomic E-state index is 14.8. The van der Waals surface area contributed by atoms with E-state index >= 15 is 0 Å². The van der Waals surface area contributed by atoms with E-state index in [0.29, 0.717) is 48.4 Å². The van der Waals surface area contributed by atoms with Crippen molar-refractivity contribution in [1.82, 2.24) is 24.7 Å². The second-order valence-corrected chi connectivity index (χ2v) is 9.05. The maximum absolute atomic E-state index is 14.8. The fourth-order valence-corrected chi connectivity index (χ4v) is 4.35. The van der Waals surface area contributed by atoms with Crippen LogP contribution in [0.3, 0.4) is 0 Å². The van der Waals surface area contributed by atoms with Crippen LogP contribution in [0, 0.1) is 25.5 Å². The normalized spacial score (nSPS) is 18.6. The molecule has 1 atom stereocenters. The number of rotatable bonds is 4. The average molecular weight is 463 g/mol. The van der Waals surface area contributed by atoms with Crippen molar-refractivity contribution in [2.45, 2.75) is 38.8 Å². The maximum Gasteiger partial charge on any atom is 0.228 e. The Bertz CT molecular complexity index is 1400. The van der Waals surface area contributed by atoms with Gasteiger partial charge in [-0.1, -0.05) is 0 Å². The lowest BCUT2D eigenvalue weighted by Crippen LogP contribution is -2.39. The average Bonchev–Trinajstić information content (AvgIpc) is 3.56. The van der Waals surface area contributed by atoms with Gasteiger partial charge in [-0.2, -0.15) is 10.1 Å². The van der Waals surface area contributed by atoms with Gasteiger partial charge in [0, 0.05) is 41.0 Å². The Kier molecular flexibility index (Phi) is 5.02. The molecule has 4 heterocycles. The molecular weight excluding hydrogens is 438 g/mol. The quantitative estimate of drug-likeness (QED) is 0.438. The molecule has 0 spiro atoms. The van der Waals surface area contributed by atoms with Crippen LogP contribution < -0.4 is 4.90 Å². The fraction of sp³-hybridized carbons (Fsp3) is 0.360. The van der Waals surface area contributed by atoms with Crippen LogP contribution in [0.1, 0.15) is 41.8 Å². The molecule has 2 fully saturated rings. The number of morpholine rings is 1. The van der Waals surface area contributed by atoms with Crippen LogP contribution in [0.15, 0.2) is 36.7 Å². The van der Waals surface area contributed by atoms with Crippen LogP contribution in [0.4, 0.5) is 14.7 Å². The largest absolute Gasteiger partial charge is 0.370 e. The van der Waals surface area contributed by atoms with Crippen LogP contribution >= 0.6 is 0 Å². The zero-order valence-corrected chi connectivity index (χ0v) is 19.0. The first-order chi connectivity index (χ1) is 16.5. The lowest BCUT2D eigenvalue weighted by Gasteiger charge is -2.32. The third-order valence-electron chi connectivity index (χ3n) is 6.57. The van der Waals surface area contributed by atoms with Gasteiger partial charge in [-0.25, -0.2) is 18.7 Å². The summed E-state index contributed by atoms with van der Waals surface area (Å²) < 4.78 is 36.5. The summed E-state index contributed by atoms with van der Waals surface area (Å²) in [5.74, 6) is -0.853. The number of benzene rings is 1. The Balaban J connectivity index is 1.41. The molecular formula is C25H24F2N6O. The number of hydrogen-bond acceptors (Lipinski definition) is 6. The summed E-state index contributed by atoms with van der Waals surface area (Å²) in [6, 6.07) is 5.94. The minimum Gasteiger partial charge on any atom is -0.370 e. The highest BCUT2D eigenvalue weighted by molar-refractivity contribution is 5.92. The topological polar surface area (TPSA) is 69.0 Å². The molecule has 1 aliphatic heterocycles. The first kappa shape index (κ1) is 21.1. The van der Waals surface area contributed by atoms with E-state index in [1.165, 1.54) is 12.1 Å². The Morgan fingerprint density at radius 3 is 2.71 bits per heavy atom. The lowest BCUT2D eigenvalue weighted by molar-refractivity contribution is 0.0392. The first-order valence-corrected chi connectivity index (χ1v) is 11.5. The van der Waals surface area contributed by atoms with Gasteiger partial charge in [-0.15, -0.1) is 0 Å². The highest BCUT2D eigenvalue weighted by atomic mass is 19.1. The van der Waals surface area contributed by atoms with E-state index in [4.69, 9.17) is 14.7 Å². The van der Waals surface area contributed by atoms with Gasteiger partial charge in [-0.3, -0.25) is 4.68 Å². The number of ether oxygens (including phenoxy) is 1. The first-order valence-electron chi connectivity index (χ1n) is 11.5. The second kappa shape index (κ2) is 8.09. The van der Waals surface area contributed by atoms with Gasteiger partial charge in [0.05, 0.1) is 31.1 Å². The van der Waals surface area contributed by atoms with Gasteiger partial charge < -0.3 is 9.64 Å². The monoisotopic (exact) mass is 462 g/mol. The zero-order valence-electron chi connectivity index (χ0n) is 19.0. The Hall–Kier alpha value is -3.46. The minimum atomic E-state index is -0.670. The van der Waals surface area contributed by atoms with Crippen molar-refractivity contribution in [3.63, 3.8) is 0 Å². The minimum absolute atomic E-state index is 0.167. The van der Waals surface area contributed by atoms with Gasteiger partial charge in [0.25, 0.3) is 0 Å². The third kappa shape index (κ3) is 3.79. The fourth-order valence-electron chi connectivity index (χ4n) is 4.35. The van der Waals surface area contributed by atoms with E-state index in [1.807, 2.05) is 35.7 Å². The Morgan fingerprint density at radius 1 is 1.06 bits per heavy atom. The second-order valence-electron chi connectivity index (χ2n) is 9.05. The summed E-state index contributed by atoms with van der Waals surface area (Å²) in [6.45, 7) is 5.49. The van der Waals surface area contributed by atoms with Gasteiger partial charge in [0.15, 0.2) is 5.65 Å². The molecule has 0 N–H and O–H groups in total. The van der Waals surface area contributed by atoms with Crippen molar-refractivity contribution in [3.8, 4) is 11.3 Å². The molecule has 1 saturated carbocycles. The summed E-state index contributed by atoms with van der Waals surface area (Å²) in [5, 5.41) is 5.12. The van der Waals surface area contributed by atoms with Crippen LogP contribution in [0.2, 0.25) is 0 Å². The molecule has 3 aromatic heterocycles. The summed E-state index contributed by atoms with van der Waals surface area (Å²) in [6.07, 6.45) is 6.08. The molecule has 7 nitrogen and oxygen atoms in total. The molecule has 0 unspecified atom stereocenters. The van der Waals surface area contributed by atoms with E-state index in [2.05, 4.69) is 16.3 Å². The summed E-state index contributed by atoms with van der Waals surface area (Å²) in [4.78, 5) is 16.2. The molecule has 9 heteroatoms. The predicted octanol–water partition coefficient (Wildman–Crippen LogP) is 4.70. The van der Waals surface area contributed by atoms with E-state index < -0.39 is 11.6 Å². The van der Waals surface area contributed by atoms with E-state index in [-0.39, 0.29) is 11.7 Å². The molecule has 1 aliphatic carbocycles. The molecule has 1 aromatic carbocycles. The van der Waals surface area contributed by atoms with Crippen molar-refractivity contribution in [3.05, 3.63) is 65.1 Å². The number of pyridine rings is 1. The number of aryl methyl sites for hydroxylation is 2. The smallest absolute Gasteiger partial charge is 0.228 e. The Morgan fingerprint density at radius 2 is 1.91 bits per heavy atom. The molecule has 6 rings (SSSR count). The number of hydrogen-bond donors (Lipinski definition) is 0. The Labute approximate surface area is 195 Å². The number of nitrogens with zero attached hydrogens (tertiary/aromatic N) is 6. The SMILES string of the molecule is Cc1cc2c(-c3ccc(F)cc3F)nc(N3CCO[C@H](c4cnn(C5CC5)c4)C3)nc2nc1C. The van der Waals surface area contributed by atoms with Crippen molar-refractivity contribution < 1.29 is 13.5 Å². The molecule has 1 saturated heterocycles. The van der Waals surface area contributed by atoms with Gasteiger partial charge >= 0.3 is 0 Å². The molecule has 34 heavy (non-hydrogen) atoms. The number of anilines is 1. The summed E-state index contributed by atoms with van der Waals surface area (Å²) in [7, 11) is 0. The summed E-state index contributed by atoms with van der Waals surface area (Å²) in [5.41, 5.74) is 3.92. The zero-order chi connectivity index (χ0) is 23.4. The van der Waals surface area contributed by atoms with Crippen LogP contribution in [-0.4, -0.2) is 44.4 Å². The van der Waals surface area contributed by atoms with Crippen molar-refractivity contribution in [2.75, 3.05) is 24.6 Å².